The first-order chi connectivity index (χ1) is 6.51. The van der Waals surface area contributed by atoms with Crippen LogP contribution in [0.4, 0.5) is 24.5 Å². The molecule has 0 spiro atoms. The molecule has 0 bridgehead atoms. The zero-order valence-corrected chi connectivity index (χ0v) is 7.13. The molecule has 76 valence electrons. The second-order valence-electron chi connectivity index (χ2n) is 2.68. The van der Waals surface area contributed by atoms with E-state index in [2.05, 4.69) is 4.74 Å². The maximum Gasteiger partial charge on any atom is 0.573 e. The Kier molecular flexibility index (Phi) is 1.81. The molecule has 0 atom stereocenters. The van der Waals surface area contributed by atoms with Gasteiger partial charge >= 0.3 is 6.36 Å². The molecule has 1 aromatic carbocycles. The molecular weight excluding hydrogens is 199 g/mol. The molecule has 1 heterocycles. The molecule has 0 fully saturated rings. The van der Waals surface area contributed by atoms with Crippen molar-refractivity contribution < 1.29 is 22.7 Å². The molecule has 1 aliphatic rings. The van der Waals surface area contributed by atoms with E-state index in [-0.39, 0.29) is 5.75 Å². The van der Waals surface area contributed by atoms with Crippen molar-refractivity contribution >= 4 is 11.4 Å². The second kappa shape index (κ2) is 2.78. The zero-order valence-electron chi connectivity index (χ0n) is 7.13. The fourth-order valence-electron chi connectivity index (χ4n) is 1.20. The Bertz CT molecular complexity index is 364. The predicted molar refractivity (Wildman–Crippen MR) is 42.3 cm³/mol. The Labute approximate surface area is 77.6 Å². The topological polar surface area (TPSA) is 21.5 Å². The number of nitrogens with zero attached hydrogens (tertiary/aromatic N) is 1. The van der Waals surface area contributed by atoms with Crippen molar-refractivity contribution in [1.29, 1.82) is 0 Å². The van der Waals surface area contributed by atoms with Crippen LogP contribution in [0.15, 0.2) is 18.2 Å². The first-order valence-corrected chi connectivity index (χ1v) is 3.75. The highest BCUT2D eigenvalue weighted by molar-refractivity contribution is 5.91. The third-order valence-electron chi connectivity index (χ3n) is 1.75. The number of fused-ring (bicyclic) bond motifs is 1. The summed E-state index contributed by atoms with van der Waals surface area (Å²) in [6.07, 6.45) is -4.65. The van der Waals surface area contributed by atoms with Crippen LogP contribution in [-0.4, -0.2) is 13.5 Å². The number of hydrogen-bond donors (Lipinski definition) is 0. The summed E-state index contributed by atoms with van der Waals surface area (Å²) in [5, 5.41) is 1.41. The lowest BCUT2D eigenvalue weighted by atomic mass is 10.3. The van der Waals surface area contributed by atoms with Gasteiger partial charge in [0.2, 0.25) is 0 Å². The van der Waals surface area contributed by atoms with Crippen LogP contribution in [-0.2, 0) is 4.84 Å². The summed E-state index contributed by atoms with van der Waals surface area (Å²) >= 11 is 0. The molecule has 0 aliphatic carbocycles. The van der Waals surface area contributed by atoms with Gasteiger partial charge < -0.3 is 4.74 Å². The van der Waals surface area contributed by atoms with Gasteiger partial charge in [-0.15, -0.1) is 13.2 Å². The van der Waals surface area contributed by atoms with E-state index in [0.717, 1.165) is 5.69 Å². The van der Waals surface area contributed by atoms with Crippen LogP contribution in [0.25, 0.3) is 0 Å². The van der Waals surface area contributed by atoms with E-state index in [4.69, 9.17) is 4.84 Å². The monoisotopic (exact) mass is 205 g/mol. The van der Waals surface area contributed by atoms with Gasteiger partial charge in [0.1, 0.15) is 5.75 Å². The molecule has 0 unspecified atom stereocenters. The lowest BCUT2D eigenvalue weighted by Gasteiger charge is -2.06. The standard InChI is InChI=1S/C8H6F3NO2/c1-13-12-6-3-2-5(4-7(6)12)14-8(9,10)11/h2-4H,1H3. The van der Waals surface area contributed by atoms with E-state index >= 15 is 0 Å². The third kappa shape index (κ3) is 1.60. The maximum atomic E-state index is 11.8. The number of ether oxygens (including phenoxy) is 1. The summed E-state index contributed by atoms with van der Waals surface area (Å²) < 4.78 is 39.1. The molecule has 0 saturated carbocycles. The SMILES string of the molecule is CON1c2ccc(OC(F)(F)F)cc21. The van der Waals surface area contributed by atoms with E-state index in [1.807, 2.05) is 0 Å². The van der Waals surface area contributed by atoms with Crippen molar-refractivity contribution in [2.45, 2.75) is 6.36 Å². The highest BCUT2D eigenvalue weighted by atomic mass is 19.4. The number of halogens is 3. The molecule has 0 radical (unpaired) electrons. The summed E-state index contributed by atoms with van der Waals surface area (Å²) in [6, 6.07) is 4.01. The van der Waals surface area contributed by atoms with E-state index in [1.165, 1.54) is 30.4 Å². The van der Waals surface area contributed by atoms with Crippen LogP contribution < -0.4 is 9.80 Å². The normalized spacial score (nSPS) is 13.9. The van der Waals surface area contributed by atoms with Gasteiger partial charge in [0.25, 0.3) is 0 Å². The van der Waals surface area contributed by atoms with Crippen LogP contribution in [0.1, 0.15) is 0 Å². The fourth-order valence-corrected chi connectivity index (χ4v) is 1.20. The number of hydrogen-bond acceptors (Lipinski definition) is 3. The first kappa shape index (κ1) is 9.14. The lowest BCUT2D eigenvalue weighted by molar-refractivity contribution is -0.274. The van der Waals surface area contributed by atoms with Crippen LogP contribution in [0.3, 0.4) is 0 Å². The minimum absolute atomic E-state index is 0.240. The minimum atomic E-state index is -4.65. The van der Waals surface area contributed by atoms with Crippen molar-refractivity contribution in [2.75, 3.05) is 12.2 Å². The molecule has 6 heteroatoms. The van der Waals surface area contributed by atoms with Gasteiger partial charge in [0.15, 0.2) is 0 Å². The van der Waals surface area contributed by atoms with Crippen molar-refractivity contribution in [3.05, 3.63) is 18.2 Å². The van der Waals surface area contributed by atoms with Gasteiger partial charge in [-0.2, -0.15) is 0 Å². The zero-order chi connectivity index (χ0) is 10.3. The van der Waals surface area contributed by atoms with E-state index < -0.39 is 6.36 Å². The van der Waals surface area contributed by atoms with E-state index in [9.17, 15) is 13.2 Å². The van der Waals surface area contributed by atoms with Gasteiger partial charge in [-0.3, -0.25) is 4.84 Å². The summed E-state index contributed by atoms with van der Waals surface area (Å²) in [4.78, 5) is 4.81. The molecule has 1 aromatic rings. The summed E-state index contributed by atoms with van der Waals surface area (Å²) in [6.45, 7) is 0. The molecule has 0 amide bonds. The number of alkyl halides is 3. The molecule has 1 aliphatic heterocycles. The minimum Gasteiger partial charge on any atom is -0.406 e. The Hall–Kier alpha value is -1.43. The van der Waals surface area contributed by atoms with Crippen LogP contribution in [0.5, 0.6) is 5.75 Å². The van der Waals surface area contributed by atoms with E-state index in [0.29, 0.717) is 5.69 Å². The average molecular weight is 205 g/mol. The smallest absolute Gasteiger partial charge is 0.406 e. The lowest BCUT2D eigenvalue weighted by Crippen LogP contribution is -2.16. The maximum absolute atomic E-state index is 11.8. The first-order valence-electron chi connectivity index (χ1n) is 3.75. The van der Waals surface area contributed by atoms with Crippen LogP contribution in [0, 0.1) is 0 Å². The van der Waals surface area contributed by atoms with Gasteiger partial charge in [0, 0.05) is 6.07 Å². The summed E-state index contributed by atoms with van der Waals surface area (Å²) in [5.41, 5.74) is 1.34. The average Bonchev–Trinajstić information content (AvgIpc) is 2.73. The van der Waals surface area contributed by atoms with Crippen LogP contribution in [0.2, 0.25) is 0 Å². The number of anilines is 2. The molecule has 0 aromatic heterocycles. The molecule has 0 N–H and O–H groups in total. The predicted octanol–water partition coefficient (Wildman–Crippen LogP) is 2.60. The number of benzene rings is 1. The fraction of sp³-hybridized carbons (Fsp3) is 0.250. The highest BCUT2D eigenvalue weighted by Gasteiger charge is 2.34. The van der Waals surface area contributed by atoms with Gasteiger partial charge in [-0.05, 0) is 12.1 Å². The summed E-state index contributed by atoms with van der Waals surface area (Å²) in [5.74, 6) is -0.240. The molecular formula is C8H6F3NO2. The largest absolute Gasteiger partial charge is 0.573 e. The Morgan fingerprint density at radius 1 is 1.21 bits per heavy atom. The van der Waals surface area contributed by atoms with Crippen molar-refractivity contribution in [2.24, 2.45) is 0 Å². The molecule has 14 heavy (non-hydrogen) atoms. The van der Waals surface area contributed by atoms with Crippen molar-refractivity contribution in [1.82, 2.24) is 0 Å². The van der Waals surface area contributed by atoms with Gasteiger partial charge in [0.05, 0.1) is 18.5 Å². The Morgan fingerprint density at radius 3 is 2.50 bits per heavy atom. The quantitative estimate of drug-likeness (QED) is 0.692. The molecule has 2 rings (SSSR count). The number of rotatable bonds is 2. The second-order valence-corrected chi connectivity index (χ2v) is 2.68. The van der Waals surface area contributed by atoms with Gasteiger partial charge in [-0.25, -0.2) is 5.06 Å². The summed E-state index contributed by atoms with van der Waals surface area (Å²) in [7, 11) is 1.43. The highest BCUT2D eigenvalue weighted by Crippen LogP contribution is 2.49. The van der Waals surface area contributed by atoms with Crippen molar-refractivity contribution in [3.63, 3.8) is 0 Å². The Morgan fingerprint density at radius 2 is 1.93 bits per heavy atom. The Balaban J connectivity index is 2.13. The van der Waals surface area contributed by atoms with Gasteiger partial charge in [-0.1, -0.05) is 0 Å². The molecule has 3 nitrogen and oxygen atoms in total. The van der Waals surface area contributed by atoms with Crippen LogP contribution >= 0.6 is 0 Å². The molecule has 0 saturated heterocycles. The van der Waals surface area contributed by atoms with E-state index in [1.54, 1.807) is 0 Å². The third-order valence-corrected chi connectivity index (χ3v) is 1.75. The van der Waals surface area contributed by atoms with Crippen molar-refractivity contribution in [3.8, 4) is 5.75 Å².